The molecule has 0 saturated heterocycles. The van der Waals surface area contributed by atoms with E-state index in [-0.39, 0.29) is 17.2 Å². The van der Waals surface area contributed by atoms with E-state index in [1.807, 2.05) is 0 Å². The standard InChI is InChI=1S/C24H26Cl3N5O3S/c1-24(26,27)10-11-32-15-18(14-28-32)20-9-8-19(13-22(20)36(34,35)29-16-31(2)3)30-23(33)12-17-6-4-5-7-21(17)25/h4-9,13-16H,10-12H2,1-3H3,(H,30,33). The van der Waals surface area contributed by atoms with Gasteiger partial charge in [-0.3, -0.25) is 9.48 Å². The summed E-state index contributed by atoms with van der Waals surface area (Å²) in [6.07, 6.45) is 4.95. The van der Waals surface area contributed by atoms with Crippen LogP contribution < -0.4 is 5.32 Å². The monoisotopic (exact) mass is 569 g/mol. The lowest BCUT2D eigenvalue weighted by Gasteiger charge is -2.12. The lowest BCUT2D eigenvalue weighted by Crippen LogP contribution is -2.15. The van der Waals surface area contributed by atoms with Crippen LogP contribution in [0, 0.1) is 0 Å². The molecule has 0 atom stereocenters. The zero-order chi connectivity index (χ0) is 26.5. The van der Waals surface area contributed by atoms with E-state index in [0.29, 0.717) is 40.4 Å². The number of halogens is 3. The number of aryl methyl sites for hydroxylation is 1. The number of amides is 1. The highest BCUT2D eigenvalue weighted by Crippen LogP contribution is 2.32. The maximum atomic E-state index is 13.2. The second-order valence-electron chi connectivity index (χ2n) is 8.50. The number of benzene rings is 2. The van der Waals surface area contributed by atoms with E-state index in [1.54, 1.807) is 74.5 Å². The summed E-state index contributed by atoms with van der Waals surface area (Å²) in [7, 11) is -0.781. The van der Waals surface area contributed by atoms with Gasteiger partial charge in [0.15, 0.2) is 0 Å². The molecule has 36 heavy (non-hydrogen) atoms. The lowest BCUT2D eigenvalue weighted by atomic mass is 10.1. The number of hydrogen-bond donors (Lipinski definition) is 1. The molecule has 3 aromatic rings. The molecule has 1 heterocycles. The van der Waals surface area contributed by atoms with Gasteiger partial charge in [0.2, 0.25) is 5.91 Å². The number of anilines is 1. The molecule has 1 aromatic heterocycles. The zero-order valence-corrected chi connectivity index (χ0v) is 23.0. The Labute approximate surface area is 225 Å². The van der Waals surface area contributed by atoms with Gasteiger partial charge < -0.3 is 10.2 Å². The van der Waals surface area contributed by atoms with Gasteiger partial charge >= 0.3 is 0 Å². The van der Waals surface area contributed by atoms with Crippen molar-refractivity contribution in [2.75, 3.05) is 19.4 Å². The van der Waals surface area contributed by atoms with E-state index in [1.165, 1.54) is 17.3 Å². The number of alkyl halides is 2. The third kappa shape index (κ3) is 7.96. The van der Waals surface area contributed by atoms with Crippen LogP contribution in [-0.2, 0) is 27.8 Å². The smallest absolute Gasteiger partial charge is 0.284 e. The molecule has 1 amide bonds. The number of sulfonamides is 1. The summed E-state index contributed by atoms with van der Waals surface area (Å²) in [5, 5.41) is 7.51. The highest BCUT2D eigenvalue weighted by atomic mass is 35.5. The molecule has 8 nitrogen and oxygen atoms in total. The van der Waals surface area contributed by atoms with Crippen LogP contribution in [0.25, 0.3) is 11.1 Å². The van der Waals surface area contributed by atoms with E-state index in [4.69, 9.17) is 34.8 Å². The molecule has 0 saturated carbocycles. The highest BCUT2D eigenvalue weighted by molar-refractivity contribution is 7.90. The van der Waals surface area contributed by atoms with Gasteiger partial charge in [0.1, 0.15) is 10.7 Å². The van der Waals surface area contributed by atoms with Crippen LogP contribution in [0.4, 0.5) is 5.69 Å². The van der Waals surface area contributed by atoms with Gasteiger partial charge in [0.25, 0.3) is 10.0 Å². The number of carbonyl (C=O) groups excluding carboxylic acids is 1. The maximum absolute atomic E-state index is 13.2. The van der Waals surface area contributed by atoms with E-state index >= 15 is 0 Å². The van der Waals surface area contributed by atoms with Gasteiger partial charge in [-0.05, 0) is 37.1 Å². The Morgan fingerprint density at radius 2 is 1.94 bits per heavy atom. The van der Waals surface area contributed by atoms with Gasteiger partial charge in [0, 0.05) is 48.7 Å². The third-order valence-corrected chi connectivity index (χ3v) is 7.01. The number of carbonyl (C=O) groups is 1. The molecular formula is C24H26Cl3N5O3S. The highest BCUT2D eigenvalue weighted by Gasteiger charge is 2.22. The van der Waals surface area contributed by atoms with Crippen molar-refractivity contribution in [3.05, 3.63) is 65.4 Å². The Balaban J connectivity index is 1.94. The zero-order valence-electron chi connectivity index (χ0n) is 20.0. The fraction of sp³-hybridized carbons (Fsp3) is 0.292. The van der Waals surface area contributed by atoms with Gasteiger partial charge in [-0.25, -0.2) is 0 Å². The van der Waals surface area contributed by atoms with Crippen molar-refractivity contribution in [1.82, 2.24) is 14.7 Å². The molecule has 192 valence electrons. The second kappa shape index (κ2) is 11.6. The lowest BCUT2D eigenvalue weighted by molar-refractivity contribution is -0.115. The Morgan fingerprint density at radius 1 is 1.22 bits per heavy atom. The molecule has 0 spiro atoms. The van der Waals surface area contributed by atoms with Crippen LogP contribution in [0.1, 0.15) is 18.9 Å². The Kier molecular flexibility index (Phi) is 9.05. The molecular weight excluding hydrogens is 545 g/mol. The van der Waals surface area contributed by atoms with Crippen molar-refractivity contribution in [3.8, 4) is 11.1 Å². The molecule has 3 rings (SSSR count). The first-order valence-corrected chi connectivity index (χ1v) is 13.5. The van der Waals surface area contributed by atoms with Crippen LogP contribution in [0.3, 0.4) is 0 Å². The summed E-state index contributed by atoms with van der Waals surface area (Å²) in [5.74, 6) is -0.339. The van der Waals surface area contributed by atoms with Crippen LogP contribution in [0.15, 0.2) is 64.2 Å². The molecule has 0 aliphatic carbocycles. The molecule has 0 unspecified atom stereocenters. The summed E-state index contributed by atoms with van der Waals surface area (Å²) in [6.45, 7) is 2.13. The molecule has 0 aliphatic heterocycles. The summed E-state index contributed by atoms with van der Waals surface area (Å²) >= 11 is 18.3. The van der Waals surface area contributed by atoms with Crippen LogP contribution >= 0.6 is 34.8 Å². The predicted octanol–water partition coefficient (Wildman–Crippen LogP) is 5.25. The number of hydrogen-bond acceptors (Lipinski definition) is 4. The van der Waals surface area contributed by atoms with Crippen molar-refractivity contribution >= 4 is 62.8 Å². The molecule has 0 radical (unpaired) electrons. The average molecular weight is 571 g/mol. The molecule has 1 N–H and O–H groups in total. The predicted molar refractivity (Wildman–Crippen MR) is 146 cm³/mol. The Morgan fingerprint density at radius 3 is 2.61 bits per heavy atom. The molecule has 0 bridgehead atoms. The largest absolute Gasteiger partial charge is 0.368 e. The molecule has 12 heteroatoms. The van der Waals surface area contributed by atoms with Gasteiger partial charge in [-0.2, -0.15) is 13.5 Å². The topological polar surface area (TPSA) is 96.7 Å². The average Bonchev–Trinajstić information content (AvgIpc) is 3.26. The number of aromatic nitrogens is 2. The summed E-state index contributed by atoms with van der Waals surface area (Å²) in [6, 6.07) is 11.6. The van der Waals surface area contributed by atoms with E-state index in [0.717, 1.165) is 0 Å². The second-order valence-corrected chi connectivity index (χ2v) is 12.4. The fourth-order valence-corrected chi connectivity index (χ4v) is 4.76. The van der Waals surface area contributed by atoms with Crippen molar-refractivity contribution in [1.29, 1.82) is 0 Å². The first-order valence-electron chi connectivity index (χ1n) is 10.9. The first-order chi connectivity index (χ1) is 16.8. The first kappa shape index (κ1) is 28.0. The third-order valence-electron chi connectivity index (χ3n) is 4.99. The summed E-state index contributed by atoms with van der Waals surface area (Å²) in [5.41, 5.74) is 1.92. The minimum Gasteiger partial charge on any atom is -0.368 e. The minimum atomic E-state index is -4.11. The van der Waals surface area contributed by atoms with Crippen LogP contribution in [0.2, 0.25) is 5.02 Å². The number of nitrogens with zero attached hydrogens (tertiary/aromatic N) is 4. The van der Waals surface area contributed by atoms with E-state index in [2.05, 4.69) is 14.8 Å². The quantitative estimate of drug-likeness (QED) is 0.204. The molecule has 0 aliphatic rings. The van der Waals surface area contributed by atoms with E-state index in [9.17, 15) is 13.2 Å². The van der Waals surface area contributed by atoms with Gasteiger partial charge in [-0.15, -0.1) is 27.6 Å². The number of nitrogens with one attached hydrogen (secondary N) is 1. The Hall–Kier alpha value is -2.59. The summed E-state index contributed by atoms with van der Waals surface area (Å²) < 4.78 is 30.8. The maximum Gasteiger partial charge on any atom is 0.284 e. The van der Waals surface area contributed by atoms with Crippen molar-refractivity contribution in [3.63, 3.8) is 0 Å². The summed E-state index contributed by atoms with van der Waals surface area (Å²) in [4.78, 5) is 14.1. The normalized spacial score (nSPS) is 12.2. The molecule has 2 aromatic carbocycles. The Bertz CT molecular complexity index is 1370. The fourth-order valence-electron chi connectivity index (χ4n) is 3.22. The number of rotatable bonds is 10. The van der Waals surface area contributed by atoms with Crippen LogP contribution in [-0.4, -0.2) is 53.8 Å². The van der Waals surface area contributed by atoms with Gasteiger partial charge in [-0.1, -0.05) is 35.9 Å². The van der Waals surface area contributed by atoms with Crippen molar-refractivity contribution in [2.45, 2.75) is 35.5 Å². The van der Waals surface area contributed by atoms with Gasteiger partial charge in [0.05, 0.1) is 17.5 Å². The van der Waals surface area contributed by atoms with Crippen molar-refractivity contribution < 1.29 is 13.2 Å². The van der Waals surface area contributed by atoms with Crippen LogP contribution in [0.5, 0.6) is 0 Å². The minimum absolute atomic E-state index is 0.0368. The van der Waals surface area contributed by atoms with E-state index < -0.39 is 14.4 Å². The van der Waals surface area contributed by atoms with Crippen molar-refractivity contribution in [2.24, 2.45) is 4.40 Å². The molecule has 0 fully saturated rings. The SMILES string of the molecule is CN(C)C=NS(=O)(=O)c1cc(NC(=O)Cc2ccccc2Cl)ccc1-c1cnn(CCC(C)(Cl)Cl)c1.